The monoisotopic (exact) mass is 377 g/mol. The molecule has 8 heteroatoms. The number of urea groups is 1. The molecule has 0 saturated carbocycles. The van der Waals surface area contributed by atoms with Gasteiger partial charge in [-0.05, 0) is 36.4 Å². The van der Waals surface area contributed by atoms with E-state index in [1.165, 1.54) is 6.20 Å². The molecule has 3 amide bonds. The third-order valence-electron chi connectivity index (χ3n) is 4.63. The molecule has 0 radical (unpaired) electrons. The molecule has 1 saturated heterocycles. The Balaban J connectivity index is 1.39. The normalized spacial score (nSPS) is 13.6. The van der Waals surface area contributed by atoms with Gasteiger partial charge < -0.3 is 10.6 Å². The van der Waals surface area contributed by atoms with Crippen LogP contribution in [0.15, 0.2) is 59.5 Å². The summed E-state index contributed by atoms with van der Waals surface area (Å²) in [7, 11) is 0. The van der Waals surface area contributed by atoms with Crippen LogP contribution in [0, 0.1) is 0 Å². The number of aryl methyl sites for hydroxylation is 1. The van der Waals surface area contributed by atoms with Crippen molar-refractivity contribution in [1.82, 2.24) is 15.1 Å². The Labute approximate surface area is 160 Å². The molecule has 0 unspecified atom stereocenters. The van der Waals surface area contributed by atoms with Gasteiger partial charge in [0.1, 0.15) is 0 Å². The topological polar surface area (TPSA) is 96.3 Å². The summed E-state index contributed by atoms with van der Waals surface area (Å²) in [5, 5.41) is 10.3. The SMILES string of the molecule is O=C(CCn1ncc(=O)c2ccccc21)Nc1ccc(N2CCNC2=O)cc1. The number of hydrogen-bond donors (Lipinski definition) is 2. The van der Waals surface area contributed by atoms with E-state index in [0.717, 1.165) is 5.69 Å². The van der Waals surface area contributed by atoms with Crippen LogP contribution in [0.4, 0.5) is 16.2 Å². The predicted octanol–water partition coefficient (Wildman–Crippen LogP) is 1.95. The molecule has 0 atom stereocenters. The predicted molar refractivity (Wildman–Crippen MR) is 106 cm³/mol. The third-order valence-corrected chi connectivity index (χ3v) is 4.63. The standard InChI is InChI=1S/C20H19N5O3/c26-18-13-22-25(17-4-2-1-3-16(17)18)11-9-19(27)23-14-5-7-15(8-6-14)24-12-10-21-20(24)28/h1-8,13H,9-12H2,(H,21,28)(H,23,27). The molecule has 1 aliphatic rings. The van der Waals surface area contributed by atoms with Crippen molar-refractivity contribution in [2.24, 2.45) is 0 Å². The van der Waals surface area contributed by atoms with Crippen molar-refractivity contribution in [1.29, 1.82) is 0 Å². The van der Waals surface area contributed by atoms with E-state index in [0.29, 0.717) is 36.2 Å². The first-order chi connectivity index (χ1) is 13.6. The summed E-state index contributed by atoms with van der Waals surface area (Å²) in [6.45, 7) is 1.62. The number of nitrogens with one attached hydrogen (secondary N) is 2. The van der Waals surface area contributed by atoms with E-state index in [1.807, 2.05) is 12.1 Å². The fraction of sp³-hybridized carbons (Fsp3) is 0.200. The summed E-state index contributed by atoms with van der Waals surface area (Å²) < 4.78 is 1.66. The van der Waals surface area contributed by atoms with Gasteiger partial charge in [0.05, 0.1) is 18.3 Å². The van der Waals surface area contributed by atoms with E-state index < -0.39 is 0 Å². The second-order valence-electron chi connectivity index (χ2n) is 6.48. The number of anilines is 2. The van der Waals surface area contributed by atoms with Crippen LogP contribution in [0.1, 0.15) is 6.42 Å². The summed E-state index contributed by atoms with van der Waals surface area (Å²) in [5.41, 5.74) is 2.02. The number of carbonyl (C=O) groups excluding carboxylic acids is 2. The van der Waals surface area contributed by atoms with E-state index in [2.05, 4.69) is 15.7 Å². The molecular weight excluding hydrogens is 358 g/mol. The largest absolute Gasteiger partial charge is 0.336 e. The number of fused-ring (bicyclic) bond motifs is 1. The number of benzene rings is 2. The summed E-state index contributed by atoms with van der Waals surface area (Å²) in [6.07, 6.45) is 1.49. The van der Waals surface area contributed by atoms with Crippen LogP contribution in [0.25, 0.3) is 10.9 Å². The number of aromatic nitrogens is 2. The van der Waals surface area contributed by atoms with E-state index >= 15 is 0 Å². The first kappa shape index (κ1) is 17.7. The van der Waals surface area contributed by atoms with Gasteiger partial charge in [0.2, 0.25) is 11.3 Å². The Morgan fingerprint density at radius 3 is 2.64 bits per heavy atom. The van der Waals surface area contributed by atoms with Gasteiger partial charge in [-0.1, -0.05) is 12.1 Å². The number of carbonyl (C=O) groups is 2. The second kappa shape index (κ2) is 7.51. The lowest BCUT2D eigenvalue weighted by Crippen LogP contribution is -2.27. The highest BCUT2D eigenvalue weighted by molar-refractivity contribution is 5.95. The maximum Gasteiger partial charge on any atom is 0.321 e. The molecule has 8 nitrogen and oxygen atoms in total. The minimum absolute atomic E-state index is 0.113. The molecule has 2 heterocycles. The van der Waals surface area contributed by atoms with Gasteiger partial charge in [0.15, 0.2) is 0 Å². The minimum Gasteiger partial charge on any atom is -0.336 e. The lowest BCUT2D eigenvalue weighted by Gasteiger charge is -2.15. The highest BCUT2D eigenvalue weighted by atomic mass is 16.2. The number of para-hydroxylation sites is 1. The van der Waals surface area contributed by atoms with Crippen LogP contribution in [-0.4, -0.2) is 34.8 Å². The highest BCUT2D eigenvalue weighted by Crippen LogP contribution is 2.19. The molecule has 4 rings (SSSR count). The summed E-state index contributed by atoms with van der Waals surface area (Å²) in [5.74, 6) is -0.156. The number of nitrogens with zero attached hydrogens (tertiary/aromatic N) is 3. The highest BCUT2D eigenvalue weighted by Gasteiger charge is 2.20. The Hall–Kier alpha value is -3.68. The van der Waals surface area contributed by atoms with Gasteiger partial charge in [-0.3, -0.25) is 19.2 Å². The van der Waals surface area contributed by atoms with Gasteiger partial charge >= 0.3 is 6.03 Å². The Morgan fingerprint density at radius 1 is 1.11 bits per heavy atom. The fourth-order valence-electron chi connectivity index (χ4n) is 3.21. The lowest BCUT2D eigenvalue weighted by atomic mass is 10.2. The van der Waals surface area contributed by atoms with Crippen molar-refractivity contribution in [2.45, 2.75) is 13.0 Å². The van der Waals surface area contributed by atoms with Crippen LogP contribution >= 0.6 is 0 Å². The zero-order valence-electron chi connectivity index (χ0n) is 15.1. The zero-order valence-corrected chi connectivity index (χ0v) is 15.1. The van der Waals surface area contributed by atoms with Crippen LogP contribution in [0.3, 0.4) is 0 Å². The van der Waals surface area contributed by atoms with Crippen molar-refractivity contribution in [3.05, 3.63) is 65.0 Å². The third kappa shape index (κ3) is 3.57. The Kier molecular flexibility index (Phi) is 4.76. The van der Waals surface area contributed by atoms with Crippen molar-refractivity contribution in [3.8, 4) is 0 Å². The van der Waals surface area contributed by atoms with Gasteiger partial charge in [-0.15, -0.1) is 0 Å². The fourth-order valence-corrected chi connectivity index (χ4v) is 3.21. The smallest absolute Gasteiger partial charge is 0.321 e. The van der Waals surface area contributed by atoms with Crippen molar-refractivity contribution < 1.29 is 9.59 Å². The molecule has 0 spiro atoms. The molecule has 1 aromatic heterocycles. The molecule has 142 valence electrons. The average Bonchev–Trinajstić information content (AvgIpc) is 3.14. The van der Waals surface area contributed by atoms with Crippen molar-refractivity contribution >= 4 is 34.2 Å². The number of hydrogen-bond acceptors (Lipinski definition) is 4. The summed E-state index contributed by atoms with van der Waals surface area (Å²) in [6, 6.07) is 14.2. The molecule has 1 fully saturated rings. The zero-order chi connectivity index (χ0) is 19.5. The maximum absolute atomic E-state index is 12.3. The molecule has 1 aliphatic heterocycles. The molecular formula is C20H19N5O3. The first-order valence-corrected chi connectivity index (χ1v) is 9.02. The number of amides is 3. The molecule has 0 bridgehead atoms. The van der Waals surface area contributed by atoms with Gasteiger partial charge in [-0.25, -0.2) is 4.79 Å². The minimum atomic E-state index is -0.156. The first-order valence-electron chi connectivity index (χ1n) is 9.02. The maximum atomic E-state index is 12.3. The average molecular weight is 377 g/mol. The Morgan fingerprint density at radius 2 is 1.89 bits per heavy atom. The van der Waals surface area contributed by atoms with Crippen molar-refractivity contribution in [2.75, 3.05) is 23.3 Å². The van der Waals surface area contributed by atoms with Gasteiger partial charge in [0.25, 0.3) is 0 Å². The lowest BCUT2D eigenvalue weighted by molar-refractivity contribution is -0.116. The van der Waals surface area contributed by atoms with Crippen molar-refractivity contribution in [3.63, 3.8) is 0 Å². The molecule has 28 heavy (non-hydrogen) atoms. The van der Waals surface area contributed by atoms with Crippen LogP contribution in [0.2, 0.25) is 0 Å². The van der Waals surface area contributed by atoms with E-state index in [1.54, 1.807) is 46.0 Å². The van der Waals surface area contributed by atoms with Crippen LogP contribution in [0.5, 0.6) is 0 Å². The molecule has 0 aliphatic carbocycles. The van der Waals surface area contributed by atoms with E-state index in [9.17, 15) is 14.4 Å². The van der Waals surface area contributed by atoms with Gasteiger partial charge in [-0.2, -0.15) is 5.10 Å². The Bertz CT molecular complexity index is 1090. The van der Waals surface area contributed by atoms with Crippen LogP contribution in [-0.2, 0) is 11.3 Å². The van der Waals surface area contributed by atoms with E-state index in [4.69, 9.17) is 0 Å². The second-order valence-corrected chi connectivity index (χ2v) is 6.48. The molecule has 3 aromatic rings. The molecule has 2 N–H and O–H groups in total. The summed E-state index contributed by atoms with van der Waals surface area (Å²) in [4.78, 5) is 37.5. The number of rotatable bonds is 5. The quantitative estimate of drug-likeness (QED) is 0.710. The van der Waals surface area contributed by atoms with E-state index in [-0.39, 0.29) is 23.8 Å². The van der Waals surface area contributed by atoms with Gasteiger partial charge in [0, 0.05) is 36.3 Å². The van der Waals surface area contributed by atoms with Crippen LogP contribution < -0.4 is 21.0 Å². The summed E-state index contributed by atoms with van der Waals surface area (Å²) >= 11 is 0. The molecule has 2 aromatic carbocycles.